The molecule has 0 atom stereocenters. The van der Waals surface area contributed by atoms with Crippen LogP contribution in [0.1, 0.15) is 15.9 Å². The zero-order chi connectivity index (χ0) is 12.5. The van der Waals surface area contributed by atoms with Gasteiger partial charge in [-0.2, -0.15) is 13.2 Å². The SMILES string of the molecule is O=C([O-])c1ccc([S-](=O)=O)cc1C(F)(F)F.[Na+].[Na+]. The summed E-state index contributed by atoms with van der Waals surface area (Å²) in [5.41, 5.74) is -2.64. The van der Waals surface area contributed by atoms with Crippen LogP contribution < -0.4 is 64.2 Å². The van der Waals surface area contributed by atoms with Gasteiger partial charge >= 0.3 is 65.3 Å². The summed E-state index contributed by atoms with van der Waals surface area (Å²) in [6.07, 6.45) is -4.95. The molecule has 0 saturated carbocycles. The number of carbonyl (C=O) groups is 1. The van der Waals surface area contributed by atoms with Gasteiger partial charge in [0.25, 0.3) is 0 Å². The van der Waals surface area contributed by atoms with Crippen LogP contribution in [-0.4, -0.2) is 5.97 Å². The first-order valence-electron chi connectivity index (χ1n) is 3.75. The number of hydrogen-bond donors (Lipinski definition) is 0. The van der Waals surface area contributed by atoms with Crippen LogP contribution in [0.4, 0.5) is 13.2 Å². The van der Waals surface area contributed by atoms with E-state index >= 15 is 0 Å². The summed E-state index contributed by atoms with van der Waals surface area (Å²) in [7, 11) is -2.86. The Bertz CT molecular complexity index is 506. The van der Waals surface area contributed by atoms with Gasteiger partial charge in [-0.1, -0.05) is 23.1 Å². The Kier molecular flexibility index (Phi) is 9.08. The molecule has 0 amide bonds. The molecule has 0 spiro atoms. The van der Waals surface area contributed by atoms with Gasteiger partial charge in [0.05, 0.1) is 11.5 Å². The maximum Gasteiger partial charge on any atom is 1.00 e. The van der Waals surface area contributed by atoms with Crippen LogP contribution >= 0.6 is 0 Å². The molecule has 0 heterocycles. The number of carboxylic acid groups (broad SMARTS) is 1. The van der Waals surface area contributed by atoms with Gasteiger partial charge in [0.15, 0.2) is 0 Å². The fraction of sp³-hybridized carbons (Fsp3) is 0.125. The van der Waals surface area contributed by atoms with Gasteiger partial charge in [-0.15, -0.1) is 0 Å². The Labute approximate surface area is 146 Å². The molecule has 0 N–H and O–H groups in total. The minimum absolute atomic E-state index is 0. The Morgan fingerprint density at radius 1 is 1.17 bits per heavy atom. The number of carboxylic acids is 1. The Morgan fingerprint density at radius 3 is 2.00 bits per heavy atom. The van der Waals surface area contributed by atoms with E-state index in [-0.39, 0.29) is 65.2 Å². The average Bonchev–Trinajstić information content (AvgIpc) is 2.15. The smallest absolute Gasteiger partial charge is 0.545 e. The van der Waals surface area contributed by atoms with Crippen molar-refractivity contribution in [2.24, 2.45) is 0 Å². The van der Waals surface area contributed by atoms with E-state index in [1.165, 1.54) is 0 Å². The molecule has 0 fully saturated rings. The van der Waals surface area contributed by atoms with Crippen LogP contribution in [0.15, 0.2) is 23.1 Å². The van der Waals surface area contributed by atoms with E-state index in [0.29, 0.717) is 6.07 Å². The molecule has 0 aromatic heterocycles. The van der Waals surface area contributed by atoms with E-state index in [1.807, 2.05) is 0 Å². The number of halogens is 3. The quantitative estimate of drug-likeness (QED) is 0.404. The minimum atomic E-state index is -4.95. The van der Waals surface area contributed by atoms with Crippen LogP contribution in [-0.2, 0) is 25.3 Å². The first kappa shape index (κ1) is 20.7. The second kappa shape index (κ2) is 7.88. The third kappa shape index (κ3) is 5.20. The maximum absolute atomic E-state index is 12.4. The van der Waals surface area contributed by atoms with Crippen molar-refractivity contribution >= 4 is 16.7 Å². The molecule has 4 nitrogen and oxygen atoms in total. The van der Waals surface area contributed by atoms with Gasteiger partial charge in [0.1, 0.15) is 0 Å². The topological polar surface area (TPSA) is 74.3 Å². The minimum Gasteiger partial charge on any atom is -0.545 e. The van der Waals surface area contributed by atoms with Gasteiger partial charge in [0.2, 0.25) is 0 Å². The van der Waals surface area contributed by atoms with E-state index in [2.05, 4.69) is 0 Å². The first-order valence-corrected chi connectivity index (χ1v) is 4.83. The largest absolute Gasteiger partial charge is 1.00 e. The molecule has 0 aliphatic heterocycles. The molecule has 1 aromatic rings. The van der Waals surface area contributed by atoms with Gasteiger partial charge < -0.3 is 18.3 Å². The molecular formula is C8H3F3Na2O4S. The predicted octanol–water partition coefficient (Wildman–Crippen LogP) is -5.25. The van der Waals surface area contributed by atoms with Crippen LogP contribution in [0.2, 0.25) is 0 Å². The molecule has 0 bridgehead atoms. The molecule has 1 aromatic carbocycles. The van der Waals surface area contributed by atoms with Crippen molar-refractivity contribution in [3.8, 4) is 0 Å². The Morgan fingerprint density at radius 2 is 1.67 bits per heavy atom. The molecule has 0 radical (unpaired) electrons. The van der Waals surface area contributed by atoms with E-state index < -0.39 is 38.9 Å². The zero-order valence-electron chi connectivity index (χ0n) is 9.41. The standard InChI is InChI=1S/C8H4F3O4S.2Na/c9-8(10,11)6-3-4(16(14)15)1-2-5(6)7(12)13;;/h1-3H,(H,12,13);;/q-1;2*+1/p-1. The van der Waals surface area contributed by atoms with Crippen LogP contribution in [0.3, 0.4) is 0 Å². The molecule has 88 valence electrons. The van der Waals surface area contributed by atoms with E-state index in [9.17, 15) is 31.5 Å². The van der Waals surface area contributed by atoms with Crippen molar-refractivity contribution in [3.63, 3.8) is 0 Å². The third-order valence-corrected chi connectivity index (χ3v) is 2.35. The normalized spacial score (nSPS) is 10.4. The van der Waals surface area contributed by atoms with Crippen molar-refractivity contribution in [2.75, 3.05) is 0 Å². The number of rotatable bonds is 2. The monoisotopic (exact) mass is 298 g/mol. The molecule has 18 heavy (non-hydrogen) atoms. The summed E-state index contributed by atoms with van der Waals surface area (Å²) < 4.78 is 57.9. The number of aromatic carboxylic acids is 1. The van der Waals surface area contributed by atoms with Crippen molar-refractivity contribution in [1.29, 1.82) is 0 Å². The molecule has 1 rings (SSSR count). The number of alkyl halides is 3. The summed E-state index contributed by atoms with van der Waals surface area (Å²) in [5, 5.41) is 10.4. The molecule has 0 aliphatic carbocycles. The van der Waals surface area contributed by atoms with Crippen LogP contribution in [0.25, 0.3) is 0 Å². The van der Waals surface area contributed by atoms with Crippen molar-refractivity contribution in [3.05, 3.63) is 29.3 Å². The third-order valence-electron chi connectivity index (χ3n) is 1.71. The van der Waals surface area contributed by atoms with E-state index in [4.69, 9.17) is 0 Å². The fourth-order valence-electron chi connectivity index (χ4n) is 1.04. The molecular weight excluding hydrogens is 295 g/mol. The summed E-state index contributed by atoms with van der Waals surface area (Å²) in [6.45, 7) is 0. The molecule has 0 unspecified atom stereocenters. The number of hydrogen-bond acceptors (Lipinski definition) is 5. The summed E-state index contributed by atoms with van der Waals surface area (Å²) in [4.78, 5) is 9.74. The second-order valence-electron chi connectivity index (χ2n) is 2.73. The second-order valence-corrected chi connectivity index (χ2v) is 3.67. The summed E-state index contributed by atoms with van der Waals surface area (Å²) in [5.74, 6) is -2.02. The van der Waals surface area contributed by atoms with Gasteiger partial charge in [-0.25, -0.2) is 0 Å². The van der Waals surface area contributed by atoms with Crippen molar-refractivity contribution in [1.82, 2.24) is 0 Å². The zero-order valence-corrected chi connectivity index (χ0v) is 14.2. The number of benzene rings is 1. The van der Waals surface area contributed by atoms with Crippen LogP contribution in [0.5, 0.6) is 0 Å². The average molecular weight is 298 g/mol. The predicted molar refractivity (Wildman–Crippen MR) is 42.8 cm³/mol. The molecule has 0 saturated heterocycles. The van der Waals surface area contributed by atoms with E-state index in [1.54, 1.807) is 0 Å². The van der Waals surface area contributed by atoms with E-state index in [0.717, 1.165) is 6.07 Å². The molecule has 0 aliphatic rings. The molecule has 10 heteroatoms. The maximum atomic E-state index is 12.4. The summed E-state index contributed by atoms with van der Waals surface area (Å²) in [6, 6.07) is 1.54. The fourth-order valence-corrected chi connectivity index (χ4v) is 1.43. The Hall–Kier alpha value is 0.430. The number of carbonyl (C=O) groups excluding carboxylic acids is 1. The Balaban J connectivity index is 0. The first-order chi connectivity index (χ1) is 7.23. The van der Waals surface area contributed by atoms with Crippen molar-refractivity contribution in [2.45, 2.75) is 11.1 Å². The van der Waals surface area contributed by atoms with Gasteiger partial charge in [-0.05, 0) is 10.7 Å². The van der Waals surface area contributed by atoms with Gasteiger partial charge in [0, 0.05) is 5.56 Å². The van der Waals surface area contributed by atoms with Crippen molar-refractivity contribution < 1.29 is 90.6 Å². The van der Waals surface area contributed by atoms with Crippen LogP contribution in [0, 0.1) is 0 Å². The van der Waals surface area contributed by atoms with Gasteiger partial charge in [-0.3, -0.25) is 0 Å². The summed E-state index contributed by atoms with van der Waals surface area (Å²) >= 11 is 0.